The van der Waals surface area contributed by atoms with E-state index in [1.165, 1.54) is 55.7 Å². The number of ether oxygens (including phenoxy) is 2. The third-order valence-corrected chi connectivity index (χ3v) is 4.85. The average Bonchev–Trinajstić information content (AvgIpc) is 2.82. The molecule has 8 nitrogen and oxygen atoms in total. The zero-order valence-electron chi connectivity index (χ0n) is 17.7. The van der Waals surface area contributed by atoms with Gasteiger partial charge in [0.25, 0.3) is 11.6 Å². The minimum atomic E-state index is -0.766. The number of hydrogen-bond donors (Lipinski definition) is 1. The maximum absolute atomic E-state index is 13.9. The van der Waals surface area contributed by atoms with Crippen LogP contribution in [0.5, 0.6) is 11.5 Å². The summed E-state index contributed by atoms with van der Waals surface area (Å²) in [6.07, 6.45) is 1.28. The van der Waals surface area contributed by atoms with Gasteiger partial charge in [-0.05, 0) is 35.9 Å². The van der Waals surface area contributed by atoms with Crippen LogP contribution in [0.15, 0.2) is 66.2 Å². The molecule has 3 aromatic carbocycles. The largest absolute Gasteiger partial charge is 0.493 e. The molecular formula is C24H17ClFN3O5. The van der Waals surface area contributed by atoms with Gasteiger partial charge in [-0.15, -0.1) is 0 Å². The predicted molar refractivity (Wildman–Crippen MR) is 124 cm³/mol. The fourth-order valence-corrected chi connectivity index (χ4v) is 3.21. The van der Waals surface area contributed by atoms with Crippen molar-refractivity contribution in [3.05, 3.63) is 98.3 Å². The van der Waals surface area contributed by atoms with Crippen LogP contribution in [-0.4, -0.2) is 17.9 Å². The van der Waals surface area contributed by atoms with Crippen LogP contribution >= 0.6 is 11.6 Å². The summed E-state index contributed by atoms with van der Waals surface area (Å²) in [5.74, 6) is -0.806. The smallest absolute Gasteiger partial charge is 0.271 e. The van der Waals surface area contributed by atoms with Crippen LogP contribution in [0.2, 0.25) is 5.02 Å². The molecule has 172 valence electrons. The van der Waals surface area contributed by atoms with Gasteiger partial charge < -0.3 is 14.8 Å². The third kappa shape index (κ3) is 5.88. The zero-order valence-corrected chi connectivity index (χ0v) is 18.5. The van der Waals surface area contributed by atoms with Crippen molar-refractivity contribution in [2.24, 2.45) is 0 Å². The highest BCUT2D eigenvalue weighted by atomic mass is 35.5. The Labute approximate surface area is 198 Å². The number of nitrogens with zero attached hydrogens (tertiary/aromatic N) is 2. The summed E-state index contributed by atoms with van der Waals surface area (Å²) in [5.41, 5.74) is 0.375. The van der Waals surface area contributed by atoms with Crippen molar-refractivity contribution in [3.63, 3.8) is 0 Å². The third-order valence-electron chi connectivity index (χ3n) is 4.57. The Hall–Kier alpha value is -4.42. The first-order valence-electron chi connectivity index (χ1n) is 9.73. The van der Waals surface area contributed by atoms with Gasteiger partial charge in [0.2, 0.25) is 0 Å². The molecule has 0 atom stereocenters. The Morgan fingerprint density at radius 3 is 2.68 bits per heavy atom. The van der Waals surface area contributed by atoms with Gasteiger partial charge in [0.1, 0.15) is 24.1 Å². The lowest BCUT2D eigenvalue weighted by molar-refractivity contribution is -0.384. The monoisotopic (exact) mass is 481 g/mol. The van der Waals surface area contributed by atoms with Gasteiger partial charge >= 0.3 is 0 Å². The number of benzene rings is 3. The first-order valence-corrected chi connectivity index (χ1v) is 10.1. The number of rotatable bonds is 8. The molecule has 0 saturated carbocycles. The van der Waals surface area contributed by atoms with Crippen LogP contribution < -0.4 is 14.8 Å². The van der Waals surface area contributed by atoms with E-state index in [4.69, 9.17) is 21.1 Å². The molecule has 0 heterocycles. The van der Waals surface area contributed by atoms with Crippen molar-refractivity contribution in [1.29, 1.82) is 5.26 Å². The van der Waals surface area contributed by atoms with E-state index in [2.05, 4.69) is 5.32 Å². The lowest BCUT2D eigenvalue weighted by Gasteiger charge is -2.14. The molecule has 3 rings (SSSR count). The minimum absolute atomic E-state index is 0.0903. The summed E-state index contributed by atoms with van der Waals surface area (Å²) < 4.78 is 24.8. The SMILES string of the molecule is COc1cc(/C=C(\C#N)C(=O)Nc2cccc([N+](=O)[O-])c2)cc(Cl)c1OCc1ccccc1F. The summed E-state index contributed by atoms with van der Waals surface area (Å²) in [6, 6.07) is 16.2. The molecule has 0 unspecified atom stereocenters. The highest BCUT2D eigenvalue weighted by Gasteiger charge is 2.16. The molecule has 3 aromatic rings. The van der Waals surface area contributed by atoms with Crippen LogP contribution in [0.3, 0.4) is 0 Å². The quantitative estimate of drug-likeness (QED) is 0.196. The molecule has 0 bridgehead atoms. The first-order chi connectivity index (χ1) is 16.3. The van der Waals surface area contributed by atoms with Crippen molar-refractivity contribution >= 4 is 35.0 Å². The van der Waals surface area contributed by atoms with E-state index in [0.717, 1.165) is 0 Å². The summed E-state index contributed by atoms with van der Waals surface area (Å²) in [4.78, 5) is 22.8. The molecule has 1 N–H and O–H groups in total. The molecule has 1 amide bonds. The molecule has 34 heavy (non-hydrogen) atoms. The second-order valence-electron chi connectivity index (χ2n) is 6.85. The molecule has 0 fully saturated rings. The Morgan fingerprint density at radius 2 is 2.00 bits per heavy atom. The van der Waals surface area contributed by atoms with Crippen molar-refractivity contribution in [1.82, 2.24) is 0 Å². The van der Waals surface area contributed by atoms with Crippen LogP contribution in [0, 0.1) is 27.3 Å². The van der Waals surface area contributed by atoms with Crippen molar-refractivity contribution in [3.8, 4) is 17.6 Å². The second-order valence-corrected chi connectivity index (χ2v) is 7.25. The number of nitro benzene ring substituents is 1. The number of methoxy groups -OCH3 is 1. The number of halogens is 2. The van der Waals surface area contributed by atoms with Gasteiger partial charge in [-0.1, -0.05) is 35.9 Å². The number of hydrogen-bond acceptors (Lipinski definition) is 6. The minimum Gasteiger partial charge on any atom is -0.493 e. The summed E-state index contributed by atoms with van der Waals surface area (Å²) >= 11 is 6.33. The Bertz CT molecular complexity index is 1320. The normalized spacial score (nSPS) is 10.8. The number of carbonyl (C=O) groups is 1. The molecule has 0 saturated heterocycles. The number of non-ortho nitro benzene ring substituents is 1. The van der Waals surface area contributed by atoms with Crippen molar-refractivity contribution in [2.75, 3.05) is 12.4 Å². The van der Waals surface area contributed by atoms with E-state index in [9.17, 15) is 24.6 Å². The van der Waals surface area contributed by atoms with Crippen LogP contribution in [0.4, 0.5) is 15.8 Å². The molecule has 0 aliphatic carbocycles. The van der Waals surface area contributed by atoms with Crippen molar-refractivity contribution < 1.29 is 23.6 Å². The molecule has 10 heteroatoms. The number of amides is 1. The van der Waals surface area contributed by atoms with Crippen LogP contribution in [0.25, 0.3) is 6.08 Å². The van der Waals surface area contributed by atoms with Gasteiger partial charge in [-0.3, -0.25) is 14.9 Å². The molecule has 0 spiro atoms. The van der Waals surface area contributed by atoms with E-state index >= 15 is 0 Å². The fraction of sp³-hybridized carbons (Fsp3) is 0.0833. The van der Waals surface area contributed by atoms with E-state index < -0.39 is 16.6 Å². The Kier molecular flexibility index (Phi) is 7.79. The van der Waals surface area contributed by atoms with Crippen LogP contribution in [-0.2, 0) is 11.4 Å². The van der Waals surface area contributed by atoms with Gasteiger partial charge in [-0.25, -0.2) is 4.39 Å². The number of nitrogens with one attached hydrogen (secondary N) is 1. The van der Waals surface area contributed by atoms with Gasteiger partial charge in [0.15, 0.2) is 11.5 Å². The van der Waals surface area contributed by atoms with Crippen LogP contribution in [0.1, 0.15) is 11.1 Å². The van der Waals surface area contributed by atoms with E-state index in [1.807, 2.05) is 0 Å². The second kappa shape index (κ2) is 10.9. The molecular weight excluding hydrogens is 465 g/mol. The number of nitriles is 1. The number of nitro groups is 1. The highest BCUT2D eigenvalue weighted by molar-refractivity contribution is 6.32. The average molecular weight is 482 g/mol. The lowest BCUT2D eigenvalue weighted by atomic mass is 10.1. The van der Waals surface area contributed by atoms with E-state index in [0.29, 0.717) is 11.1 Å². The topological polar surface area (TPSA) is 114 Å². The molecule has 0 aliphatic heterocycles. The van der Waals surface area contributed by atoms with Crippen molar-refractivity contribution in [2.45, 2.75) is 6.61 Å². The van der Waals surface area contributed by atoms with Gasteiger partial charge in [0, 0.05) is 23.4 Å². The maximum atomic E-state index is 13.9. The number of carbonyl (C=O) groups excluding carboxylic acids is 1. The molecule has 0 aromatic heterocycles. The fourth-order valence-electron chi connectivity index (χ4n) is 2.94. The zero-order chi connectivity index (χ0) is 24.7. The molecule has 0 radical (unpaired) electrons. The lowest BCUT2D eigenvalue weighted by Crippen LogP contribution is -2.13. The summed E-state index contributed by atoms with van der Waals surface area (Å²) in [5, 5.41) is 22.9. The molecule has 0 aliphatic rings. The number of anilines is 1. The predicted octanol–water partition coefficient (Wildman–Crippen LogP) is 5.52. The van der Waals surface area contributed by atoms with E-state index in [1.54, 1.807) is 24.3 Å². The van der Waals surface area contributed by atoms with E-state index in [-0.39, 0.29) is 40.1 Å². The van der Waals surface area contributed by atoms with Gasteiger partial charge in [0.05, 0.1) is 17.1 Å². The summed E-state index contributed by atoms with van der Waals surface area (Å²) in [6.45, 7) is -0.0903. The maximum Gasteiger partial charge on any atom is 0.271 e. The Balaban J connectivity index is 1.83. The summed E-state index contributed by atoms with van der Waals surface area (Å²) in [7, 11) is 1.38. The van der Waals surface area contributed by atoms with Gasteiger partial charge in [-0.2, -0.15) is 5.26 Å². The Morgan fingerprint density at radius 1 is 1.24 bits per heavy atom. The highest BCUT2D eigenvalue weighted by Crippen LogP contribution is 2.37. The standard InChI is InChI=1S/C24H17ClFN3O5/c1-33-22-11-15(10-20(25)23(22)34-14-16-5-2-3-8-21(16)26)9-17(13-27)24(30)28-18-6-4-7-19(12-18)29(31)32/h2-12H,14H2,1H3,(H,28,30)/b17-9+. The first kappa shape index (κ1) is 24.2.